The molecule has 17 heavy (non-hydrogen) atoms. The molecule has 1 N–H and O–H groups in total. The molecule has 0 aliphatic carbocycles. The first kappa shape index (κ1) is 14.1. The third kappa shape index (κ3) is 6.34. The van der Waals surface area contributed by atoms with Gasteiger partial charge >= 0.3 is 0 Å². The molecular weight excluding hydrogens is 232 g/mol. The molecule has 0 aliphatic heterocycles. The van der Waals surface area contributed by atoms with Gasteiger partial charge < -0.3 is 10.1 Å². The van der Waals surface area contributed by atoms with Crippen LogP contribution in [0.3, 0.4) is 0 Å². The van der Waals surface area contributed by atoms with Gasteiger partial charge in [-0.3, -0.25) is 4.99 Å². The Bertz CT molecular complexity index is 327. The first-order valence-corrected chi connectivity index (χ1v) is 6.74. The first-order valence-electron chi connectivity index (χ1n) is 5.76. The quantitative estimate of drug-likeness (QED) is 0.480. The molecule has 0 fully saturated rings. The molecule has 0 amide bonds. The van der Waals surface area contributed by atoms with Gasteiger partial charge in [-0.05, 0) is 12.0 Å². The largest absolute Gasteiger partial charge is 0.377 e. The van der Waals surface area contributed by atoms with E-state index in [2.05, 4.69) is 22.4 Å². The van der Waals surface area contributed by atoms with E-state index in [1.54, 1.807) is 18.8 Å². The normalized spacial score (nSPS) is 11.5. The summed E-state index contributed by atoms with van der Waals surface area (Å²) in [5.74, 6) is 1.03. The minimum absolute atomic E-state index is 0.701. The van der Waals surface area contributed by atoms with Gasteiger partial charge in [-0.25, -0.2) is 0 Å². The fourth-order valence-electron chi connectivity index (χ4n) is 1.34. The van der Waals surface area contributed by atoms with Crippen LogP contribution in [0.4, 0.5) is 0 Å². The van der Waals surface area contributed by atoms with E-state index in [1.165, 1.54) is 5.56 Å². The highest BCUT2D eigenvalue weighted by molar-refractivity contribution is 8.13. The Hall–Kier alpha value is -1.00. The van der Waals surface area contributed by atoms with Crippen LogP contribution in [-0.2, 0) is 11.3 Å². The van der Waals surface area contributed by atoms with E-state index < -0.39 is 0 Å². The van der Waals surface area contributed by atoms with Crippen molar-refractivity contribution in [1.29, 1.82) is 0 Å². The second-order valence-corrected chi connectivity index (χ2v) is 4.60. The molecule has 1 aromatic carbocycles. The molecule has 0 spiro atoms. The van der Waals surface area contributed by atoms with E-state index in [0.717, 1.165) is 23.9 Å². The summed E-state index contributed by atoms with van der Waals surface area (Å²) in [7, 11) is 3.69. The van der Waals surface area contributed by atoms with Crippen molar-refractivity contribution in [1.82, 2.24) is 5.32 Å². The predicted molar refractivity (Wildman–Crippen MR) is 75.6 cm³/mol. The number of nitrogens with zero attached hydrogens (tertiary/aromatic N) is 1. The van der Waals surface area contributed by atoms with Crippen molar-refractivity contribution < 1.29 is 4.74 Å². The average Bonchev–Trinajstić information content (AvgIpc) is 2.39. The fraction of sp³-hybridized carbons (Fsp3) is 0.462. The summed E-state index contributed by atoms with van der Waals surface area (Å²) in [5, 5.41) is 4.02. The molecule has 0 aliphatic rings. The van der Waals surface area contributed by atoms with E-state index in [0.29, 0.717) is 6.61 Å². The van der Waals surface area contributed by atoms with Gasteiger partial charge in [0.2, 0.25) is 0 Å². The Kier molecular flexibility index (Phi) is 7.51. The van der Waals surface area contributed by atoms with Crippen LogP contribution in [0.1, 0.15) is 12.0 Å². The molecule has 0 atom stereocenters. The molecule has 0 saturated heterocycles. The highest BCUT2D eigenvalue weighted by atomic mass is 32.2. The molecule has 3 nitrogen and oxygen atoms in total. The molecular formula is C13H20N2OS. The van der Waals surface area contributed by atoms with Gasteiger partial charge in [0, 0.05) is 26.5 Å². The SMILES string of the molecule is CN=C(NC)SCCCOCc1ccccc1. The number of nitrogens with one attached hydrogen (secondary N) is 1. The molecule has 4 heteroatoms. The molecule has 0 heterocycles. The van der Waals surface area contributed by atoms with Crippen molar-refractivity contribution in [2.75, 3.05) is 26.5 Å². The molecule has 94 valence electrons. The van der Waals surface area contributed by atoms with Gasteiger partial charge in [-0.2, -0.15) is 0 Å². The standard InChI is InChI=1S/C13H20N2OS/c1-14-13(15-2)17-10-6-9-16-11-12-7-4-3-5-8-12/h3-5,7-8H,6,9-11H2,1-2H3,(H,14,15). The molecule has 0 bridgehead atoms. The van der Waals surface area contributed by atoms with Gasteiger partial charge in [-0.15, -0.1) is 0 Å². The summed E-state index contributed by atoms with van der Waals surface area (Å²) in [6.45, 7) is 1.49. The van der Waals surface area contributed by atoms with Crippen molar-refractivity contribution >= 4 is 16.9 Å². The Morgan fingerprint density at radius 1 is 1.35 bits per heavy atom. The lowest BCUT2D eigenvalue weighted by molar-refractivity contribution is 0.122. The summed E-state index contributed by atoms with van der Waals surface area (Å²) >= 11 is 1.73. The number of hydrogen-bond acceptors (Lipinski definition) is 3. The van der Waals surface area contributed by atoms with Crippen molar-refractivity contribution in [2.24, 2.45) is 4.99 Å². The number of rotatable bonds is 6. The van der Waals surface area contributed by atoms with Crippen LogP contribution in [0, 0.1) is 0 Å². The first-order chi connectivity index (χ1) is 8.36. The lowest BCUT2D eigenvalue weighted by Gasteiger charge is -2.05. The van der Waals surface area contributed by atoms with E-state index in [9.17, 15) is 0 Å². The van der Waals surface area contributed by atoms with E-state index in [-0.39, 0.29) is 0 Å². The third-order valence-electron chi connectivity index (χ3n) is 2.20. The van der Waals surface area contributed by atoms with Crippen LogP contribution in [-0.4, -0.2) is 31.6 Å². The summed E-state index contributed by atoms with van der Waals surface area (Å²) in [6.07, 6.45) is 1.04. The van der Waals surface area contributed by atoms with Crippen molar-refractivity contribution in [3.05, 3.63) is 35.9 Å². The average molecular weight is 252 g/mol. The molecule has 1 aromatic rings. The van der Waals surface area contributed by atoms with Gasteiger partial charge in [0.25, 0.3) is 0 Å². The lowest BCUT2D eigenvalue weighted by Crippen LogP contribution is -2.14. The zero-order chi connectivity index (χ0) is 12.3. The molecule has 1 rings (SSSR count). The Labute approximate surface area is 108 Å². The predicted octanol–water partition coefficient (Wildman–Crippen LogP) is 2.53. The van der Waals surface area contributed by atoms with Crippen LogP contribution in [0.2, 0.25) is 0 Å². The minimum Gasteiger partial charge on any atom is -0.377 e. The van der Waals surface area contributed by atoms with Gasteiger partial charge in [0.1, 0.15) is 0 Å². The van der Waals surface area contributed by atoms with Gasteiger partial charge in [0.15, 0.2) is 5.17 Å². The number of thioether (sulfide) groups is 1. The second-order valence-electron chi connectivity index (χ2n) is 3.52. The zero-order valence-corrected chi connectivity index (χ0v) is 11.3. The zero-order valence-electron chi connectivity index (χ0n) is 10.5. The van der Waals surface area contributed by atoms with Crippen LogP contribution >= 0.6 is 11.8 Å². The lowest BCUT2D eigenvalue weighted by atomic mass is 10.2. The van der Waals surface area contributed by atoms with Crippen LogP contribution < -0.4 is 5.32 Å². The van der Waals surface area contributed by atoms with E-state index >= 15 is 0 Å². The van der Waals surface area contributed by atoms with Gasteiger partial charge in [0.05, 0.1) is 6.61 Å². The van der Waals surface area contributed by atoms with Gasteiger partial charge in [-0.1, -0.05) is 42.1 Å². The summed E-state index contributed by atoms with van der Waals surface area (Å²) < 4.78 is 5.60. The summed E-state index contributed by atoms with van der Waals surface area (Å²) in [5.41, 5.74) is 1.23. The molecule has 0 radical (unpaired) electrons. The highest BCUT2D eigenvalue weighted by Gasteiger charge is 1.96. The van der Waals surface area contributed by atoms with Crippen LogP contribution in [0.25, 0.3) is 0 Å². The summed E-state index contributed by atoms with van der Waals surface area (Å²) in [4.78, 5) is 4.10. The number of ether oxygens (including phenoxy) is 1. The monoisotopic (exact) mass is 252 g/mol. The number of aliphatic imine (C=N–C) groups is 1. The maximum absolute atomic E-state index is 5.60. The fourth-order valence-corrected chi connectivity index (χ4v) is 2.07. The second kappa shape index (κ2) is 9.07. The molecule has 0 aromatic heterocycles. The highest BCUT2D eigenvalue weighted by Crippen LogP contribution is 2.05. The van der Waals surface area contributed by atoms with E-state index in [4.69, 9.17) is 4.74 Å². The Balaban J connectivity index is 2.02. The topological polar surface area (TPSA) is 33.6 Å². The van der Waals surface area contributed by atoms with Crippen molar-refractivity contribution in [2.45, 2.75) is 13.0 Å². The maximum Gasteiger partial charge on any atom is 0.156 e. The number of benzene rings is 1. The summed E-state index contributed by atoms with van der Waals surface area (Å²) in [6, 6.07) is 10.2. The van der Waals surface area contributed by atoms with Crippen molar-refractivity contribution in [3.8, 4) is 0 Å². The van der Waals surface area contributed by atoms with E-state index in [1.807, 2.05) is 25.2 Å². The minimum atomic E-state index is 0.701. The number of hydrogen-bond donors (Lipinski definition) is 1. The number of amidine groups is 1. The van der Waals surface area contributed by atoms with Crippen LogP contribution in [0.15, 0.2) is 35.3 Å². The third-order valence-corrected chi connectivity index (χ3v) is 3.35. The smallest absolute Gasteiger partial charge is 0.156 e. The Morgan fingerprint density at radius 3 is 2.76 bits per heavy atom. The van der Waals surface area contributed by atoms with Crippen LogP contribution in [0.5, 0.6) is 0 Å². The van der Waals surface area contributed by atoms with Crippen molar-refractivity contribution in [3.63, 3.8) is 0 Å². The Morgan fingerprint density at radius 2 is 2.12 bits per heavy atom. The molecule has 0 saturated carbocycles. The molecule has 0 unspecified atom stereocenters. The maximum atomic E-state index is 5.60.